The first kappa shape index (κ1) is 17.8. The molecule has 0 unspecified atom stereocenters. The third-order valence-electron chi connectivity index (χ3n) is 2.69. The van der Waals surface area contributed by atoms with Crippen LogP contribution in [0.3, 0.4) is 0 Å². The van der Waals surface area contributed by atoms with Gasteiger partial charge in [0.15, 0.2) is 17.4 Å². The van der Waals surface area contributed by atoms with Crippen LogP contribution in [0, 0.1) is 11.6 Å². The van der Waals surface area contributed by atoms with Crippen molar-refractivity contribution in [2.75, 3.05) is 40.1 Å². The van der Waals surface area contributed by atoms with E-state index in [1.165, 1.54) is 12.1 Å². The second kappa shape index (κ2) is 10.5. The Labute approximate surface area is 124 Å². The van der Waals surface area contributed by atoms with Crippen LogP contribution in [0.1, 0.15) is 18.9 Å². The zero-order chi connectivity index (χ0) is 15.5. The van der Waals surface area contributed by atoms with E-state index in [9.17, 15) is 8.78 Å². The van der Waals surface area contributed by atoms with Gasteiger partial charge in [0, 0.05) is 26.8 Å². The largest absolute Gasteiger partial charge is 0.485 e. The Balaban J connectivity index is 2.46. The molecule has 0 heterocycles. The lowest BCUT2D eigenvalue weighted by atomic mass is 10.2. The molecule has 0 atom stereocenters. The van der Waals surface area contributed by atoms with Crippen LogP contribution in [0.5, 0.6) is 5.75 Å². The van der Waals surface area contributed by atoms with Gasteiger partial charge in [-0.1, -0.05) is 6.92 Å². The summed E-state index contributed by atoms with van der Waals surface area (Å²) in [6, 6.07) is 2.54. The van der Waals surface area contributed by atoms with Crippen LogP contribution in [0.25, 0.3) is 0 Å². The Bertz CT molecular complexity index is 393. The van der Waals surface area contributed by atoms with Gasteiger partial charge in [-0.2, -0.15) is 0 Å². The van der Waals surface area contributed by atoms with Crippen LogP contribution in [0.2, 0.25) is 0 Å². The maximum Gasteiger partial charge on any atom is 0.190 e. The second-order valence-corrected chi connectivity index (χ2v) is 4.52. The van der Waals surface area contributed by atoms with Crippen LogP contribution in [-0.4, -0.2) is 40.1 Å². The molecule has 1 rings (SSSR count). The number of hydrogen-bond donors (Lipinski definition) is 1. The fourth-order valence-corrected chi connectivity index (χ4v) is 1.71. The summed E-state index contributed by atoms with van der Waals surface area (Å²) in [6.07, 6.45) is 0.896. The first-order chi connectivity index (χ1) is 10.2. The Hall–Kier alpha value is -1.24. The summed E-state index contributed by atoms with van der Waals surface area (Å²) < 4.78 is 42.8. The SMILES string of the molecule is CCCOCCOc1c(F)cc(CNCCOC)cc1F. The average molecular weight is 303 g/mol. The van der Waals surface area contributed by atoms with Crippen molar-refractivity contribution >= 4 is 0 Å². The molecule has 0 aliphatic rings. The highest BCUT2D eigenvalue weighted by Gasteiger charge is 2.12. The summed E-state index contributed by atoms with van der Waals surface area (Å²) in [5.41, 5.74) is 0.524. The van der Waals surface area contributed by atoms with E-state index in [2.05, 4.69) is 5.32 Å². The van der Waals surface area contributed by atoms with Crippen molar-refractivity contribution in [2.24, 2.45) is 0 Å². The van der Waals surface area contributed by atoms with Gasteiger partial charge < -0.3 is 19.5 Å². The Morgan fingerprint density at radius 1 is 1.05 bits per heavy atom. The third kappa shape index (κ3) is 6.84. The number of rotatable bonds is 11. The van der Waals surface area contributed by atoms with Gasteiger partial charge in [-0.3, -0.25) is 0 Å². The van der Waals surface area contributed by atoms with Gasteiger partial charge in [0.25, 0.3) is 0 Å². The topological polar surface area (TPSA) is 39.7 Å². The summed E-state index contributed by atoms with van der Waals surface area (Å²) in [5.74, 6) is -1.75. The molecule has 0 bridgehead atoms. The minimum absolute atomic E-state index is 0.124. The molecule has 0 amide bonds. The van der Waals surface area contributed by atoms with Gasteiger partial charge in [0.1, 0.15) is 6.61 Å². The summed E-state index contributed by atoms with van der Waals surface area (Å²) in [5, 5.41) is 3.02. The molecule has 4 nitrogen and oxygen atoms in total. The molecule has 1 N–H and O–H groups in total. The predicted octanol–water partition coefficient (Wildman–Crippen LogP) is 2.51. The van der Waals surface area contributed by atoms with Crippen LogP contribution in [-0.2, 0) is 16.0 Å². The van der Waals surface area contributed by atoms with Crippen LogP contribution < -0.4 is 10.1 Å². The van der Waals surface area contributed by atoms with Crippen molar-refractivity contribution in [1.29, 1.82) is 0 Å². The molecule has 0 saturated carbocycles. The molecule has 0 aliphatic heterocycles. The molecular formula is C15H23F2NO3. The molecule has 1 aromatic carbocycles. The van der Waals surface area contributed by atoms with Gasteiger partial charge in [0.2, 0.25) is 0 Å². The van der Waals surface area contributed by atoms with Crippen molar-refractivity contribution in [3.05, 3.63) is 29.3 Å². The van der Waals surface area contributed by atoms with Crippen LogP contribution in [0.4, 0.5) is 8.78 Å². The molecule has 6 heteroatoms. The monoisotopic (exact) mass is 303 g/mol. The summed E-state index contributed by atoms with van der Waals surface area (Å²) in [7, 11) is 1.59. The maximum atomic E-state index is 13.8. The minimum Gasteiger partial charge on any atom is -0.485 e. The zero-order valence-corrected chi connectivity index (χ0v) is 12.6. The summed E-state index contributed by atoms with van der Waals surface area (Å²) >= 11 is 0. The minimum atomic E-state index is -0.700. The predicted molar refractivity (Wildman–Crippen MR) is 76.5 cm³/mol. The van der Waals surface area contributed by atoms with E-state index in [-0.39, 0.29) is 12.4 Å². The fourth-order valence-electron chi connectivity index (χ4n) is 1.71. The third-order valence-corrected chi connectivity index (χ3v) is 2.69. The Kier molecular flexibility index (Phi) is 8.89. The van der Waals surface area contributed by atoms with Crippen molar-refractivity contribution < 1.29 is 23.0 Å². The van der Waals surface area contributed by atoms with Gasteiger partial charge in [-0.15, -0.1) is 0 Å². The van der Waals surface area contributed by atoms with Gasteiger partial charge in [0.05, 0.1) is 13.2 Å². The van der Waals surface area contributed by atoms with Gasteiger partial charge >= 0.3 is 0 Å². The van der Waals surface area contributed by atoms with E-state index >= 15 is 0 Å². The van der Waals surface area contributed by atoms with Crippen molar-refractivity contribution in [1.82, 2.24) is 5.32 Å². The van der Waals surface area contributed by atoms with Gasteiger partial charge in [-0.05, 0) is 24.1 Å². The van der Waals surface area contributed by atoms with Crippen LogP contribution >= 0.6 is 0 Å². The highest BCUT2D eigenvalue weighted by atomic mass is 19.1. The molecular weight excluding hydrogens is 280 g/mol. The smallest absolute Gasteiger partial charge is 0.190 e. The molecule has 0 aliphatic carbocycles. The number of hydrogen-bond acceptors (Lipinski definition) is 4. The lowest BCUT2D eigenvalue weighted by Crippen LogP contribution is -2.19. The number of nitrogens with one attached hydrogen (secondary N) is 1. The molecule has 120 valence electrons. The van der Waals surface area contributed by atoms with E-state index in [0.29, 0.717) is 38.5 Å². The molecule has 1 aromatic rings. The lowest BCUT2D eigenvalue weighted by molar-refractivity contribution is 0.0975. The summed E-state index contributed by atoms with van der Waals surface area (Å²) in [4.78, 5) is 0. The molecule has 21 heavy (non-hydrogen) atoms. The molecule has 0 aromatic heterocycles. The first-order valence-electron chi connectivity index (χ1n) is 7.07. The highest BCUT2D eigenvalue weighted by Crippen LogP contribution is 2.23. The fraction of sp³-hybridized carbons (Fsp3) is 0.600. The number of halogens is 2. The lowest BCUT2D eigenvalue weighted by Gasteiger charge is -2.11. The second-order valence-electron chi connectivity index (χ2n) is 4.52. The maximum absolute atomic E-state index is 13.8. The van der Waals surface area contributed by atoms with E-state index in [1.807, 2.05) is 6.92 Å². The Morgan fingerprint density at radius 2 is 1.76 bits per heavy atom. The van der Waals surface area contributed by atoms with E-state index < -0.39 is 11.6 Å². The van der Waals surface area contributed by atoms with E-state index in [1.54, 1.807) is 7.11 Å². The zero-order valence-electron chi connectivity index (χ0n) is 12.6. The van der Waals surface area contributed by atoms with Crippen molar-refractivity contribution in [3.63, 3.8) is 0 Å². The molecule has 0 radical (unpaired) electrons. The van der Waals surface area contributed by atoms with Crippen molar-refractivity contribution in [3.8, 4) is 5.75 Å². The molecule has 0 spiro atoms. The molecule has 0 fully saturated rings. The highest BCUT2D eigenvalue weighted by molar-refractivity contribution is 5.31. The average Bonchev–Trinajstić information content (AvgIpc) is 2.46. The van der Waals surface area contributed by atoms with E-state index in [4.69, 9.17) is 14.2 Å². The standard InChI is InChI=1S/C15H23F2NO3/c1-3-5-20-7-8-21-15-13(16)9-12(10-14(15)17)11-18-4-6-19-2/h9-10,18H,3-8,11H2,1-2H3. The van der Waals surface area contributed by atoms with Crippen LogP contribution in [0.15, 0.2) is 12.1 Å². The number of ether oxygens (including phenoxy) is 3. The summed E-state index contributed by atoms with van der Waals surface area (Å²) in [6.45, 7) is 4.57. The number of benzene rings is 1. The first-order valence-corrected chi connectivity index (χ1v) is 7.07. The number of methoxy groups -OCH3 is 1. The normalized spacial score (nSPS) is 10.9. The van der Waals surface area contributed by atoms with Gasteiger partial charge in [-0.25, -0.2) is 8.78 Å². The Morgan fingerprint density at radius 3 is 2.38 bits per heavy atom. The quantitative estimate of drug-likeness (QED) is 0.638. The van der Waals surface area contributed by atoms with Crippen molar-refractivity contribution in [2.45, 2.75) is 19.9 Å². The molecule has 0 saturated heterocycles. The van der Waals surface area contributed by atoms with E-state index in [0.717, 1.165) is 6.42 Å².